The lowest BCUT2D eigenvalue weighted by Gasteiger charge is -2.19. The highest BCUT2D eigenvalue weighted by molar-refractivity contribution is 7.15. The molecule has 9 nitrogen and oxygen atoms in total. The van der Waals surface area contributed by atoms with E-state index < -0.39 is 0 Å². The summed E-state index contributed by atoms with van der Waals surface area (Å²) in [5, 5.41) is 23.8. The fourth-order valence-electron chi connectivity index (χ4n) is 3.32. The molecule has 0 saturated carbocycles. The molecule has 0 aromatic carbocycles. The van der Waals surface area contributed by atoms with Crippen LogP contribution in [0.5, 0.6) is 0 Å². The molecule has 150 valence electrons. The number of fused-ring (bicyclic) bond motifs is 1. The smallest absolute Gasteiger partial charge is 0.255 e. The van der Waals surface area contributed by atoms with Crippen molar-refractivity contribution in [3.05, 3.63) is 52.6 Å². The molecule has 4 aromatic rings. The lowest BCUT2D eigenvalue weighted by atomic mass is 10.0. The summed E-state index contributed by atoms with van der Waals surface area (Å²) in [6, 6.07) is 5.46. The number of nitrogens with one attached hydrogen (secondary N) is 1. The van der Waals surface area contributed by atoms with Crippen LogP contribution in [0.1, 0.15) is 52.9 Å². The molecule has 0 aliphatic heterocycles. The molecule has 0 spiro atoms. The van der Waals surface area contributed by atoms with Crippen molar-refractivity contribution < 1.29 is 4.79 Å². The molecule has 1 amide bonds. The van der Waals surface area contributed by atoms with E-state index in [4.69, 9.17) is 0 Å². The van der Waals surface area contributed by atoms with Gasteiger partial charge < -0.3 is 5.32 Å². The van der Waals surface area contributed by atoms with Crippen LogP contribution in [-0.4, -0.2) is 40.7 Å². The number of carbonyl (C=O) groups excluding carboxylic acids is 1. The molecule has 4 aromatic heterocycles. The van der Waals surface area contributed by atoms with E-state index in [2.05, 4.69) is 44.9 Å². The number of aromatic nitrogens is 7. The van der Waals surface area contributed by atoms with Crippen LogP contribution in [-0.2, 0) is 0 Å². The number of amides is 1. The van der Waals surface area contributed by atoms with Crippen LogP contribution in [0.15, 0.2) is 30.7 Å². The van der Waals surface area contributed by atoms with Crippen molar-refractivity contribution in [2.24, 2.45) is 5.92 Å². The number of nitrogens with zero attached hydrogens (tertiary/aromatic N) is 7. The molecular weight excluding hydrogens is 388 g/mol. The molecule has 4 rings (SSSR count). The van der Waals surface area contributed by atoms with Gasteiger partial charge in [0.05, 0.1) is 11.6 Å². The van der Waals surface area contributed by atoms with Crippen molar-refractivity contribution in [3.8, 4) is 5.00 Å². The first-order valence-corrected chi connectivity index (χ1v) is 10.2. The van der Waals surface area contributed by atoms with Crippen LogP contribution in [0.3, 0.4) is 0 Å². The van der Waals surface area contributed by atoms with Crippen molar-refractivity contribution >= 4 is 22.9 Å². The van der Waals surface area contributed by atoms with Crippen molar-refractivity contribution in [3.63, 3.8) is 0 Å². The van der Waals surface area contributed by atoms with Crippen LogP contribution in [0.2, 0.25) is 0 Å². The van der Waals surface area contributed by atoms with Crippen LogP contribution < -0.4 is 5.32 Å². The van der Waals surface area contributed by atoms with Gasteiger partial charge in [0, 0.05) is 11.1 Å². The standard InChI is InChI=1S/C19H22N8OS/c1-11(2)9-14(17-23-22-15-7-5-6-8-26(15)17)21-18(28)16-12(3)13(4)29-19(16)27-10-20-24-25-27/h5-8,10-11,14H,9H2,1-4H3,(H,21,28)/t14-/m1/s1. The highest BCUT2D eigenvalue weighted by Gasteiger charge is 2.27. The van der Waals surface area contributed by atoms with E-state index in [1.165, 1.54) is 22.3 Å². The van der Waals surface area contributed by atoms with Crippen LogP contribution in [0.25, 0.3) is 10.6 Å². The molecule has 29 heavy (non-hydrogen) atoms. The molecule has 0 radical (unpaired) electrons. The zero-order valence-electron chi connectivity index (χ0n) is 16.7. The van der Waals surface area contributed by atoms with E-state index in [1.54, 1.807) is 0 Å². The number of aryl methyl sites for hydroxylation is 1. The summed E-state index contributed by atoms with van der Waals surface area (Å²) in [6.07, 6.45) is 4.15. The van der Waals surface area contributed by atoms with Crippen LogP contribution in [0, 0.1) is 19.8 Å². The predicted molar refractivity (Wildman–Crippen MR) is 109 cm³/mol. The van der Waals surface area contributed by atoms with Gasteiger partial charge >= 0.3 is 0 Å². The van der Waals surface area contributed by atoms with Gasteiger partial charge in [-0.1, -0.05) is 19.9 Å². The van der Waals surface area contributed by atoms with E-state index in [-0.39, 0.29) is 11.9 Å². The molecule has 10 heteroatoms. The summed E-state index contributed by atoms with van der Waals surface area (Å²) in [4.78, 5) is 14.4. The highest BCUT2D eigenvalue weighted by Crippen LogP contribution is 2.31. The van der Waals surface area contributed by atoms with Gasteiger partial charge in [0.25, 0.3) is 5.91 Å². The van der Waals surface area contributed by atoms with Crippen molar-refractivity contribution in [1.29, 1.82) is 0 Å². The number of pyridine rings is 1. The fourth-order valence-corrected chi connectivity index (χ4v) is 4.39. The number of hydrogen-bond donors (Lipinski definition) is 1. The molecule has 0 fully saturated rings. The summed E-state index contributed by atoms with van der Waals surface area (Å²) in [6.45, 7) is 8.17. The lowest BCUT2D eigenvalue weighted by molar-refractivity contribution is 0.0929. The van der Waals surface area contributed by atoms with Gasteiger partial charge in [0.1, 0.15) is 11.3 Å². The fraction of sp³-hybridized carbons (Fsp3) is 0.368. The Kier molecular flexibility index (Phi) is 5.10. The number of tetrazole rings is 1. The third-order valence-electron chi connectivity index (χ3n) is 4.82. The second kappa shape index (κ2) is 7.70. The Morgan fingerprint density at radius 3 is 2.79 bits per heavy atom. The van der Waals surface area contributed by atoms with Gasteiger partial charge in [-0.05, 0) is 54.3 Å². The number of hydrogen-bond acceptors (Lipinski definition) is 7. The quantitative estimate of drug-likeness (QED) is 0.524. The van der Waals surface area contributed by atoms with E-state index in [1.807, 2.05) is 42.6 Å². The first-order valence-electron chi connectivity index (χ1n) is 9.39. The second-order valence-electron chi connectivity index (χ2n) is 7.36. The van der Waals surface area contributed by atoms with Crippen molar-refractivity contribution in [1.82, 2.24) is 40.1 Å². The number of carbonyl (C=O) groups is 1. The minimum Gasteiger partial charge on any atom is -0.342 e. The highest BCUT2D eigenvalue weighted by atomic mass is 32.1. The average Bonchev–Trinajstić information content (AvgIpc) is 3.40. The minimum atomic E-state index is -0.277. The van der Waals surface area contributed by atoms with Crippen molar-refractivity contribution in [2.75, 3.05) is 0 Å². The maximum Gasteiger partial charge on any atom is 0.255 e. The van der Waals surface area contributed by atoms with Gasteiger partial charge in [0.2, 0.25) is 0 Å². The zero-order chi connectivity index (χ0) is 20.5. The van der Waals surface area contributed by atoms with Gasteiger partial charge in [-0.15, -0.1) is 26.6 Å². The molecule has 0 aliphatic carbocycles. The molecular formula is C19H22N8OS. The molecule has 0 unspecified atom stereocenters. The molecule has 1 atom stereocenters. The lowest BCUT2D eigenvalue weighted by Crippen LogP contribution is -2.31. The second-order valence-corrected chi connectivity index (χ2v) is 8.56. The third kappa shape index (κ3) is 3.63. The Bertz CT molecular complexity index is 1140. The summed E-state index contributed by atoms with van der Waals surface area (Å²) in [5.41, 5.74) is 2.26. The molecule has 0 saturated heterocycles. The largest absolute Gasteiger partial charge is 0.342 e. The average molecular weight is 411 g/mol. The molecule has 4 heterocycles. The van der Waals surface area contributed by atoms with Gasteiger partial charge in [-0.3, -0.25) is 9.20 Å². The molecule has 0 bridgehead atoms. The first-order chi connectivity index (χ1) is 14.0. The number of rotatable bonds is 6. The molecule has 0 aliphatic rings. The topological polar surface area (TPSA) is 103 Å². The predicted octanol–water partition coefficient (Wildman–Crippen LogP) is 2.90. The van der Waals surface area contributed by atoms with E-state index in [0.717, 1.165) is 28.3 Å². The maximum atomic E-state index is 13.4. The van der Waals surface area contributed by atoms with E-state index in [0.29, 0.717) is 16.5 Å². The third-order valence-corrected chi connectivity index (χ3v) is 6.01. The maximum absolute atomic E-state index is 13.4. The first kappa shape index (κ1) is 19.2. The Morgan fingerprint density at radius 2 is 2.07 bits per heavy atom. The summed E-state index contributed by atoms with van der Waals surface area (Å²) >= 11 is 1.49. The SMILES string of the molecule is Cc1sc(-n2cnnn2)c(C(=O)N[C@H](CC(C)C)c2nnc3ccccn23)c1C. The van der Waals surface area contributed by atoms with Gasteiger partial charge in [0.15, 0.2) is 11.5 Å². The summed E-state index contributed by atoms with van der Waals surface area (Å²) < 4.78 is 3.45. The van der Waals surface area contributed by atoms with Gasteiger partial charge in [-0.25, -0.2) is 0 Å². The monoisotopic (exact) mass is 410 g/mol. The minimum absolute atomic E-state index is 0.171. The van der Waals surface area contributed by atoms with Crippen LogP contribution in [0.4, 0.5) is 0 Å². The molecule has 1 N–H and O–H groups in total. The Morgan fingerprint density at radius 1 is 1.24 bits per heavy atom. The normalized spacial score (nSPS) is 12.6. The van der Waals surface area contributed by atoms with Crippen molar-refractivity contribution in [2.45, 2.75) is 40.2 Å². The Labute approximate surface area is 171 Å². The van der Waals surface area contributed by atoms with E-state index in [9.17, 15) is 4.79 Å². The summed E-state index contributed by atoms with van der Waals surface area (Å²) in [5.74, 6) is 0.910. The Hall–Kier alpha value is -3.14. The van der Waals surface area contributed by atoms with Gasteiger partial charge in [-0.2, -0.15) is 4.68 Å². The number of thiophene rings is 1. The van der Waals surface area contributed by atoms with E-state index >= 15 is 0 Å². The zero-order valence-corrected chi connectivity index (χ0v) is 17.5. The summed E-state index contributed by atoms with van der Waals surface area (Å²) in [7, 11) is 0. The Balaban J connectivity index is 1.72. The van der Waals surface area contributed by atoms with Crippen LogP contribution >= 0.6 is 11.3 Å².